The van der Waals surface area contributed by atoms with Crippen LogP contribution in [0.2, 0.25) is 0 Å². The van der Waals surface area contributed by atoms with E-state index in [1.165, 1.54) is 31.2 Å². The van der Waals surface area contributed by atoms with Gasteiger partial charge in [-0.3, -0.25) is 4.57 Å². The Kier molecular flexibility index (Phi) is 9.92. The lowest BCUT2D eigenvalue weighted by molar-refractivity contribution is -0.155. The monoisotopic (exact) mass is 700 g/mol. The minimum Gasteiger partial charge on any atom is -0.455 e. The molecule has 0 spiro atoms. The minimum atomic E-state index is -4.77. The Hall–Kier alpha value is -5.61. The van der Waals surface area contributed by atoms with Crippen LogP contribution in [-0.2, 0) is 20.8 Å². The van der Waals surface area contributed by atoms with E-state index in [0.717, 1.165) is 36.0 Å². The van der Waals surface area contributed by atoms with E-state index in [1.54, 1.807) is 18.2 Å². The number of aromatic amines is 1. The lowest BCUT2D eigenvalue weighted by atomic mass is 9.97. The topological polar surface area (TPSA) is 143 Å². The quantitative estimate of drug-likeness (QED) is 0.0907. The third kappa shape index (κ3) is 7.82. The van der Waals surface area contributed by atoms with Crippen molar-refractivity contribution in [3.8, 4) is 28.5 Å². The van der Waals surface area contributed by atoms with Gasteiger partial charge in [-0.15, -0.1) is 10.2 Å². The van der Waals surface area contributed by atoms with E-state index in [2.05, 4.69) is 25.6 Å². The van der Waals surface area contributed by atoms with Gasteiger partial charge in [0.1, 0.15) is 17.7 Å². The summed E-state index contributed by atoms with van der Waals surface area (Å²) in [6.07, 6.45) is -3.28. The van der Waals surface area contributed by atoms with Gasteiger partial charge < -0.3 is 18.9 Å². The van der Waals surface area contributed by atoms with Crippen molar-refractivity contribution in [1.29, 1.82) is 0 Å². The van der Waals surface area contributed by atoms with Gasteiger partial charge in [0.05, 0.1) is 23.1 Å². The van der Waals surface area contributed by atoms with Crippen LogP contribution in [0.15, 0.2) is 54.6 Å². The number of carbonyl (C=O) groups is 2. The molecule has 1 fully saturated rings. The summed E-state index contributed by atoms with van der Waals surface area (Å²) >= 11 is 0. The van der Waals surface area contributed by atoms with Crippen LogP contribution >= 0.6 is 0 Å². The number of tetrazole rings is 1. The van der Waals surface area contributed by atoms with Gasteiger partial charge in [0.25, 0.3) is 6.01 Å². The van der Waals surface area contributed by atoms with Crippen LogP contribution in [0.4, 0.5) is 26.7 Å². The van der Waals surface area contributed by atoms with Crippen molar-refractivity contribution in [2.45, 2.75) is 64.1 Å². The minimum absolute atomic E-state index is 0.00607. The van der Waals surface area contributed by atoms with Crippen LogP contribution in [0, 0.1) is 11.6 Å². The molecule has 1 saturated carbocycles. The number of H-pyrrole nitrogens is 1. The summed E-state index contributed by atoms with van der Waals surface area (Å²) in [4.78, 5) is 29.7. The summed E-state index contributed by atoms with van der Waals surface area (Å²) in [6.45, 7) is -1.08. The summed E-state index contributed by atoms with van der Waals surface area (Å²) in [5, 5.41) is 13.6. The molecule has 5 aromatic rings. The van der Waals surface area contributed by atoms with E-state index in [0.29, 0.717) is 18.4 Å². The van der Waals surface area contributed by atoms with E-state index in [-0.39, 0.29) is 45.2 Å². The predicted octanol–water partition coefficient (Wildman–Crippen LogP) is 7.14. The third-order valence-electron chi connectivity index (χ3n) is 7.93. The number of nitrogens with zero attached hydrogens (tertiary/aromatic N) is 5. The molecule has 50 heavy (non-hydrogen) atoms. The molecule has 0 radical (unpaired) electrons. The Morgan fingerprint density at radius 2 is 1.72 bits per heavy atom. The Morgan fingerprint density at radius 1 is 0.960 bits per heavy atom. The number of alkyl halides is 3. The van der Waals surface area contributed by atoms with Gasteiger partial charge in [0.2, 0.25) is 12.1 Å². The largest absolute Gasteiger partial charge is 0.511 e. The molecule has 0 amide bonds. The summed E-state index contributed by atoms with van der Waals surface area (Å²) in [7, 11) is 0. The molecule has 262 valence electrons. The fraction of sp³-hybridized carbons (Fsp3) is 0.333. The molecule has 1 N–H and O–H groups in total. The van der Waals surface area contributed by atoms with E-state index < -0.39 is 55.4 Å². The number of aromatic nitrogens is 6. The zero-order chi connectivity index (χ0) is 35.4. The van der Waals surface area contributed by atoms with Crippen LogP contribution in [0.3, 0.4) is 0 Å². The summed E-state index contributed by atoms with van der Waals surface area (Å²) < 4.78 is 92.8. The number of hydrogen-bond acceptors (Lipinski definition) is 10. The van der Waals surface area contributed by atoms with Gasteiger partial charge in [-0.1, -0.05) is 36.8 Å². The summed E-state index contributed by atoms with van der Waals surface area (Å²) in [6, 6.07) is 11.7. The number of carbonyl (C=O) groups excluding carboxylic acids is 2. The van der Waals surface area contributed by atoms with Gasteiger partial charge in [-0.2, -0.15) is 23.4 Å². The van der Waals surface area contributed by atoms with E-state index >= 15 is 8.78 Å². The van der Waals surface area contributed by atoms with Crippen molar-refractivity contribution in [3.63, 3.8) is 0 Å². The lowest BCUT2D eigenvalue weighted by Gasteiger charge is -2.22. The highest BCUT2D eigenvalue weighted by Gasteiger charge is 2.31. The second-order valence-corrected chi connectivity index (χ2v) is 11.5. The van der Waals surface area contributed by atoms with Crippen LogP contribution in [0.5, 0.6) is 6.01 Å². The average Bonchev–Trinajstić information content (AvgIpc) is 3.74. The summed E-state index contributed by atoms with van der Waals surface area (Å²) in [5.41, 5.74) is -0.158. The molecule has 6 rings (SSSR count). The Labute approximate surface area is 280 Å². The molecule has 0 saturated heterocycles. The zero-order valence-corrected chi connectivity index (χ0v) is 26.4. The molecule has 1 aliphatic carbocycles. The smallest absolute Gasteiger partial charge is 0.455 e. The first-order valence-corrected chi connectivity index (χ1v) is 15.5. The molecule has 3 aromatic carbocycles. The van der Waals surface area contributed by atoms with Crippen LogP contribution in [0.1, 0.15) is 54.9 Å². The number of benzene rings is 3. The number of nitrogens with one attached hydrogen (secondary N) is 1. The SMILES string of the molecule is CC(OC(=O)OC1CCCCC1)OC(=O)c1cccc2nc(OCC(F)(F)F)n(Cc3cc(F)c(-c4ccccc4-c4nn[nH]n4)cc3F)c12. The Balaban J connectivity index is 1.31. The maximum atomic E-state index is 15.8. The summed E-state index contributed by atoms with van der Waals surface area (Å²) in [5.74, 6) is -2.70. The maximum Gasteiger partial charge on any atom is 0.511 e. The first-order chi connectivity index (χ1) is 24.0. The van der Waals surface area contributed by atoms with Crippen molar-refractivity contribution >= 4 is 23.2 Å². The number of halogens is 5. The van der Waals surface area contributed by atoms with Gasteiger partial charge in [-0.25, -0.2) is 18.4 Å². The van der Waals surface area contributed by atoms with Crippen molar-refractivity contribution in [2.75, 3.05) is 6.61 Å². The third-order valence-corrected chi connectivity index (χ3v) is 7.93. The number of imidazole rings is 1. The number of hydrogen-bond donors (Lipinski definition) is 1. The van der Waals surface area contributed by atoms with Crippen LogP contribution in [-0.4, -0.2) is 67.5 Å². The second-order valence-electron chi connectivity index (χ2n) is 11.5. The highest BCUT2D eigenvalue weighted by Crippen LogP contribution is 2.34. The predicted molar refractivity (Wildman–Crippen MR) is 165 cm³/mol. The molecule has 17 heteroatoms. The molecule has 0 bridgehead atoms. The Morgan fingerprint density at radius 3 is 2.44 bits per heavy atom. The van der Waals surface area contributed by atoms with Gasteiger partial charge in [-0.05, 0) is 60.7 Å². The average molecular weight is 701 g/mol. The maximum absolute atomic E-state index is 15.8. The second kappa shape index (κ2) is 14.5. The standard InChI is InChI=1S/C33H29F5N6O6/c1-18(49-32(46)50-20-8-3-2-4-9-20)48-30(45)23-12-7-13-27-28(23)44(31(39-27)47-17-33(36,37)38)16-19-14-26(35)24(15-25(19)34)21-10-5-6-11-22(21)29-40-42-43-41-29/h5-7,10-15,18,20H,2-4,8-9,16-17H2,1H3,(H,40,41,42,43). The van der Waals surface area contributed by atoms with E-state index in [1.807, 2.05) is 0 Å². The van der Waals surface area contributed by atoms with E-state index in [9.17, 15) is 22.8 Å². The van der Waals surface area contributed by atoms with Crippen LogP contribution in [0.25, 0.3) is 33.5 Å². The lowest BCUT2D eigenvalue weighted by Crippen LogP contribution is -2.26. The highest BCUT2D eigenvalue weighted by molar-refractivity contribution is 6.02. The number of fused-ring (bicyclic) bond motifs is 1. The molecular formula is C33H29F5N6O6. The normalized spacial score (nSPS) is 14.4. The number of esters is 1. The highest BCUT2D eigenvalue weighted by atomic mass is 19.4. The van der Waals surface area contributed by atoms with Crippen LogP contribution < -0.4 is 4.74 Å². The zero-order valence-electron chi connectivity index (χ0n) is 26.4. The number of para-hydroxylation sites is 1. The molecule has 1 atom stereocenters. The fourth-order valence-corrected chi connectivity index (χ4v) is 5.73. The number of ether oxygens (including phenoxy) is 4. The number of rotatable bonds is 10. The first-order valence-electron chi connectivity index (χ1n) is 15.5. The molecular weight excluding hydrogens is 671 g/mol. The molecule has 1 aliphatic rings. The Bertz CT molecular complexity index is 2000. The van der Waals surface area contributed by atoms with Crippen molar-refractivity contribution < 1.29 is 50.5 Å². The van der Waals surface area contributed by atoms with Gasteiger partial charge in [0, 0.05) is 23.6 Å². The van der Waals surface area contributed by atoms with E-state index in [4.69, 9.17) is 18.9 Å². The fourth-order valence-electron chi connectivity index (χ4n) is 5.73. The van der Waals surface area contributed by atoms with Crippen molar-refractivity contribution in [3.05, 3.63) is 77.4 Å². The molecule has 1 unspecified atom stereocenters. The molecule has 2 heterocycles. The molecule has 2 aromatic heterocycles. The van der Waals surface area contributed by atoms with Crippen molar-refractivity contribution in [2.24, 2.45) is 0 Å². The first kappa shape index (κ1) is 34.3. The molecule has 12 nitrogen and oxygen atoms in total. The molecule has 0 aliphatic heterocycles. The van der Waals surface area contributed by atoms with Crippen molar-refractivity contribution in [1.82, 2.24) is 30.2 Å². The van der Waals surface area contributed by atoms with Gasteiger partial charge >= 0.3 is 18.3 Å². The van der Waals surface area contributed by atoms with Gasteiger partial charge in [0.15, 0.2) is 6.61 Å².